The first-order chi connectivity index (χ1) is 8.73. The van der Waals surface area contributed by atoms with Crippen LogP contribution < -0.4 is 10.5 Å². The topological polar surface area (TPSA) is 81.4 Å². The van der Waals surface area contributed by atoms with Crippen molar-refractivity contribution in [3.05, 3.63) is 22.7 Å². The minimum absolute atomic E-state index is 0.00499. The number of sulfonamides is 1. The Hall–Kier alpha value is -0.820. The van der Waals surface area contributed by atoms with E-state index >= 15 is 0 Å². The molecule has 2 rings (SSSR count). The average Bonchev–Trinajstić information content (AvgIpc) is 2.68. The molecule has 0 bridgehead atoms. The SMILES string of the molecule is Cc1cc(Cl)c(S(=O)(=O)NC2(C)CCOC2)cc1N. The third-order valence-corrected chi connectivity index (χ3v) is 5.31. The summed E-state index contributed by atoms with van der Waals surface area (Å²) in [6.45, 7) is 4.48. The summed E-state index contributed by atoms with van der Waals surface area (Å²) in [5.74, 6) is 0. The van der Waals surface area contributed by atoms with E-state index < -0.39 is 15.6 Å². The first kappa shape index (κ1) is 14.6. The number of anilines is 1. The zero-order chi connectivity index (χ0) is 14.3. The van der Waals surface area contributed by atoms with Crippen molar-refractivity contribution in [1.82, 2.24) is 4.72 Å². The summed E-state index contributed by atoms with van der Waals surface area (Å²) in [6, 6.07) is 2.94. The maximum atomic E-state index is 12.4. The number of nitrogens with two attached hydrogens (primary N) is 1. The van der Waals surface area contributed by atoms with Crippen molar-refractivity contribution in [1.29, 1.82) is 0 Å². The first-order valence-electron chi connectivity index (χ1n) is 5.91. The molecule has 3 N–H and O–H groups in total. The van der Waals surface area contributed by atoms with E-state index in [1.807, 2.05) is 6.92 Å². The second-order valence-electron chi connectivity index (χ2n) is 5.11. The maximum Gasteiger partial charge on any atom is 0.242 e. The molecule has 1 fully saturated rings. The summed E-state index contributed by atoms with van der Waals surface area (Å²) in [4.78, 5) is 0.00499. The van der Waals surface area contributed by atoms with Gasteiger partial charge in [0.15, 0.2) is 0 Å². The van der Waals surface area contributed by atoms with Crippen LogP contribution in [0.25, 0.3) is 0 Å². The number of aryl methyl sites for hydroxylation is 1. The molecule has 7 heteroatoms. The summed E-state index contributed by atoms with van der Waals surface area (Å²) in [5.41, 5.74) is 6.31. The zero-order valence-corrected chi connectivity index (χ0v) is 12.4. The second kappa shape index (κ2) is 4.94. The van der Waals surface area contributed by atoms with E-state index in [0.29, 0.717) is 25.3 Å². The minimum atomic E-state index is -3.71. The predicted octanol–water partition coefficient (Wildman–Crippen LogP) is 1.69. The Labute approximate surface area is 118 Å². The van der Waals surface area contributed by atoms with Crippen LogP contribution in [0.3, 0.4) is 0 Å². The van der Waals surface area contributed by atoms with Crippen LogP contribution in [0, 0.1) is 6.92 Å². The summed E-state index contributed by atoms with van der Waals surface area (Å²) in [5, 5.41) is 0.168. The lowest BCUT2D eigenvalue weighted by Gasteiger charge is -2.23. The largest absolute Gasteiger partial charge is 0.398 e. The normalized spacial score (nSPS) is 23.7. The highest BCUT2D eigenvalue weighted by atomic mass is 35.5. The van der Waals surface area contributed by atoms with E-state index in [2.05, 4.69) is 4.72 Å². The fourth-order valence-corrected chi connectivity index (χ4v) is 4.04. The first-order valence-corrected chi connectivity index (χ1v) is 7.77. The highest BCUT2D eigenvalue weighted by molar-refractivity contribution is 7.89. The molecule has 0 aliphatic carbocycles. The molecule has 5 nitrogen and oxygen atoms in total. The number of rotatable bonds is 3. The fraction of sp³-hybridized carbons (Fsp3) is 0.500. The van der Waals surface area contributed by atoms with Crippen molar-refractivity contribution in [3.63, 3.8) is 0 Å². The molecule has 1 unspecified atom stereocenters. The van der Waals surface area contributed by atoms with E-state index in [4.69, 9.17) is 22.1 Å². The molecule has 106 valence electrons. The lowest BCUT2D eigenvalue weighted by Crippen LogP contribution is -2.46. The molecule has 1 atom stereocenters. The Morgan fingerprint density at radius 2 is 2.16 bits per heavy atom. The van der Waals surface area contributed by atoms with Crippen molar-refractivity contribution < 1.29 is 13.2 Å². The van der Waals surface area contributed by atoms with Gasteiger partial charge in [0, 0.05) is 12.3 Å². The molecule has 19 heavy (non-hydrogen) atoms. The summed E-state index contributed by atoms with van der Waals surface area (Å²) in [6.07, 6.45) is 0.630. The van der Waals surface area contributed by atoms with Crippen LogP contribution in [-0.4, -0.2) is 27.2 Å². The van der Waals surface area contributed by atoms with Crippen LogP contribution in [0.2, 0.25) is 5.02 Å². The Bertz CT molecular complexity index is 595. The molecular formula is C12H17ClN2O3S. The molecule has 1 aromatic carbocycles. The van der Waals surface area contributed by atoms with Gasteiger partial charge in [0.1, 0.15) is 4.90 Å². The third-order valence-electron chi connectivity index (χ3n) is 3.21. The number of benzene rings is 1. The molecule has 1 aliphatic heterocycles. The van der Waals surface area contributed by atoms with Crippen molar-refractivity contribution in [3.8, 4) is 0 Å². The van der Waals surface area contributed by atoms with Gasteiger partial charge in [-0.1, -0.05) is 11.6 Å². The van der Waals surface area contributed by atoms with Crippen LogP contribution in [0.5, 0.6) is 0 Å². The minimum Gasteiger partial charge on any atom is -0.398 e. The van der Waals surface area contributed by atoms with Gasteiger partial charge in [-0.2, -0.15) is 0 Å². The monoisotopic (exact) mass is 304 g/mol. The van der Waals surface area contributed by atoms with Crippen LogP contribution in [0.4, 0.5) is 5.69 Å². The quantitative estimate of drug-likeness (QED) is 0.833. The van der Waals surface area contributed by atoms with E-state index in [9.17, 15) is 8.42 Å². The Balaban J connectivity index is 2.37. The van der Waals surface area contributed by atoms with Gasteiger partial charge >= 0.3 is 0 Å². The van der Waals surface area contributed by atoms with Gasteiger partial charge in [-0.05, 0) is 38.0 Å². The van der Waals surface area contributed by atoms with Crippen LogP contribution in [0.15, 0.2) is 17.0 Å². The van der Waals surface area contributed by atoms with Gasteiger partial charge in [0.05, 0.1) is 17.2 Å². The van der Waals surface area contributed by atoms with Crippen molar-refractivity contribution in [2.24, 2.45) is 0 Å². The highest BCUT2D eigenvalue weighted by Gasteiger charge is 2.35. The lowest BCUT2D eigenvalue weighted by atomic mass is 10.0. The molecule has 1 saturated heterocycles. The molecule has 1 heterocycles. The van der Waals surface area contributed by atoms with Crippen molar-refractivity contribution >= 4 is 27.3 Å². The molecule has 0 radical (unpaired) electrons. The molecule has 0 saturated carbocycles. The fourth-order valence-electron chi connectivity index (χ4n) is 2.00. The predicted molar refractivity (Wildman–Crippen MR) is 74.8 cm³/mol. The molecule has 0 aromatic heterocycles. The van der Waals surface area contributed by atoms with E-state index in [1.54, 1.807) is 13.0 Å². The van der Waals surface area contributed by atoms with Crippen molar-refractivity contribution in [2.45, 2.75) is 30.7 Å². The smallest absolute Gasteiger partial charge is 0.242 e. The average molecular weight is 305 g/mol. The van der Waals surface area contributed by atoms with Crippen molar-refractivity contribution in [2.75, 3.05) is 18.9 Å². The number of nitrogens with one attached hydrogen (secondary N) is 1. The van der Waals surface area contributed by atoms with Gasteiger partial charge in [-0.25, -0.2) is 13.1 Å². The molecular weight excluding hydrogens is 288 g/mol. The highest BCUT2D eigenvalue weighted by Crippen LogP contribution is 2.29. The Morgan fingerprint density at radius 1 is 1.47 bits per heavy atom. The summed E-state index contributed by atoms with van der Waals surface area (Å²) in [7, 11) is -3.71. The number of ether oxygens (including phenoxy) is 1. The van der Waals surface area contributed by atoms with Crippen LogP contribution >= 0.6 is 11.6 Å². The van der Waals surface area contributed by atoms with Gasteiger partial charge in [0.2, 0.25) is 10.0 Å². The van der Waals surface area contributed by atoms with Gasteiger partial charge in [0.25, 0.3) is 0 Å². The molecule has 0 amide bonds. The summed E-state index contributed by atoms with van der Waals surface area (Å²) >= 11 is 6.01. The van der Waals surface area contributed by atoms with E-state index in [-0.39, 0.29) is 9.92 Å². The molecule has 0 spiro atoms. The van der Waals surface area contributed by atoms with Crippen LogP contribution in [0.1, 0.15) is 18.9 Å². The van der Waals surface area contributed by atoms with Crippen LogP contribution in [-0.2, 0) is 14.8 Å². The number of hydrogen-bond acceptors (Lipinski definition) is 4. The summed E-state index contributed by atoms with van der Waals surface area (Å²) < 4.78 is 32.6. The lowest BCUT2D eigenvalue weighted by molar-refractivity contribution is 0.178. The van der Waals surface area contributed by atoms with Gasteiger partial charge < -0.3 is 10.5 Å². The third kappa shape index (κ3) is 3.02. The Kier molecular flexibility index (Phi) is 3.79. The van der Waals surface area contributed by atoms with Gasteiger partial charge in [-0.3, -0.25) is 0 Å². The number of hydrogen-bond donors (Lipinski definition) is 2. The standard InChI is InChI=1S/C12H17ClN2O3S/c1-8-5-9(13)11(6-10(8)14)19(16,17)15-12(2)3-4-18-7-12/h5-6,15H,3-4,7,14H2,1-2H3. The number of halogens is 1. The maximum absolute atomic E-state index is 12.4. The van der Waals surface area contributed by atoms with E-state index in [0.717, 1.165) is 5.56 Å². The Morgan fingerprint density at radius 3 is 2.74 bits per heavy atom. The molecule has 1 aromatic rings. The molecule has 1 aliphatic rings. The zero-order valence-electron chi connectivity index (χ0n) is 10.9. The second-order valence-corrected chi connectivity index (χ2v) is 7.17. The van der Waals surface area contributed by atoms with Gasteiger partial charge in [-0.15, -0.1) is 0 Å². The number of nitrogen functional groups attached to an aromatic ring is 1. The van der Waals surface area contributed by atoms with E-state index in [1.165, 1.54) is 6.07 Å².